The smallest absolute Gasteiger partial charge is 0.223 e. The van der Waals surface area contributed by atoms with E-state index in [0.29, 0.717) is 13.1 Å². The van der Waals surface area contributed by atoms with Crippen LogP contribution in [-0.2, 0) is 16.1 Å². The van der Waals surface area contributed by atoms with E-state index < -0.39 is 0 Å². The Balaban J connectivity index is 1.76. The van der Waals surface area contributed by atoms with Crippen LogP contribution >= 0.6 is 0 Å². The molecule has 1 aliphatic rings. The SMILES string of the molecule is C=CCNC(=O)C1CCC(C(=O)NCc2ccccc2C)CC1. The summed E-state index contributed by atoms with van der Waals surface area (Å²) < 4.78 is 0. The molecule has 0 bridgehead atoms. The lowest BCUT2D eigenvalue weighted by Gasteiger charge is -2.27. The Bertz CT molecular complexity index is 560. The van der Waals surface area contributed by atoms with E-state index in [1.165, 1.54) is 5.56 Å². The highest BCUT2D eigenvalue weighted by atomic mass is 16.2. The third-order valence-electron chi connectivity index (χ3n) is 4.60. The van der Waals surface area contributed by atoms with Gasteiger partial charge in [-0.2, -0.15) is 0 Å². The molecule has 2 rings (SSSR count). The molecule has 1 fully saturated rings. The Hall–Kier alpha value is -2.10. The van der Waals surface area contributed by atoms with Crippen LogP contribution in [0.25, 0.3) is 0 Å². The summed E-state index contributed by atoms with van der Waals surface area (Å²) in [6.45, 7) is 6.73. The molecule has 0 saturated heterocycles. The van der Waals surface area contributed by atoms with Gasteiger partial charge in [0.15, 0.2) is 0 Å². The summed E-state index contributed by atoms with van der Waals surface area (Å²) in [5.41, 5.74) is 2.34. The second kappa shape index (κ2) is 8.51. The molecule has 0 radical (unpaired) electrons. The first-order chi connectivity index (χ1) is 11.1. The van der Waals surface area contributed by atoms with E-state index in [4.69, 9.17) is 0 Å². The van der Waals surface area contributed by atoms with E-state index in [2.05, 4.69) is 30.2 Å². The van der Waals surface area contributed by atoms with Gasteiger partial charge in [-0.15, -0.1) is 6.58 Å². The fraction of sp³-hybridized carbons (Fsp3) is 0.474. The van der Waals surface area contributed by atoms with Crippen molar-refractivity contribution in [1.82, 2.24) is 10.6 Å². The highest BCUT2D eigenvalue weighted by Crippen LogP contribution is 2.29. The first-order valence-corrected chi connectivity index (χ1v) is 8.32. The van der Waals surface area contributed by atoms with Gasteiger partial charge in [-0.05, 0) is 43.7 Å². The number of hydrogen-bond acceptors (Lipinski definition) is 2. The van der Waals surface area contributed by atoms with Crippen molar-refractivity contribution in [2.24, 2.45) is 11.8 Å². The number of amides is 2. The van der Waals surface area contributed by atoms with Crippen LogP contribution in [-0.4, -0.2) is 18.4 Å². The molecule has 0 heterocycles. The third kappa shape index (κ3) is 4.95. The molecule has 0 unspecified atom stereocenters. The molecule has 1 saturated carbocycles. The molecule has 2 amide bonds. The summed E-state index contributed by atoms with van der Waals surface area (Å²) in [6.07, 6.45) is 4.82. The van der Waals surface area contributed by atoms with Gasteiger partial charge in [-0.1, -0.05) is 30.3 Å². The topological polar surface area (TPSA) is 58.2 Å². The van der Waals surface area contributed by atoms with Gasteiger partial charge in [0.1, 0.15) is 0 Å². The van der Waals surface area contributed by atoms with Crippen molar-refractivity contribution >= 4 is 11.8 Å². The first-order valence-electron chi connectivity index (χ1n) is 8.32. The molecule has 23 heavy (non-hydrogen) atoms. The standard InChI is InChI=1S/C19H26N2O2/c1-3-12-20-18(22)15-8-10-16(11-9-15)19(23)21-13-17-7-5-4-6-14(17)2/h3-7,15-16H,1,8-13H2,2H3,(H,20,22)(H,21,23). The fourth-order valence-electron chi connectivity index (χ4n) is 3.07. The molecule has 4 nitrogen and oxygen atoms in total. The normalized spacial score (nSPS) is 20.6. The molecule has 2 N–H and O–H groups in total. The summed E-state index contributed by atoms with van der Waals surface area (Å²) in [5, 5.41) is 5.88. The number of benzene rings is 1. The van der Waals surface area contributed by atoms with Crippen LogP contribution in [0.1, 0.15) is 36.8 Å². The summed E-state index contributed by atoms with van der Waals surface area (Å²) in [7, 11) is 0. The highest BCUT2D eigenvalue weighted by molar-refractivity contribution is 5.81. The molecular weight excluding hydrogens is 288 g/mol. The van der Waals surface area contributed by atoms with Crippen LogP contribution in [0.2, 0.25) is 0 Å². The van der Waals surface area contributed by atoms with Gasteiger partial charge in [-0.25, -0.2) is 0 Å². The minimum atomic E-state index is 0.0301. The van der Waals surface area contributed by atoms with Crippen molar-refractivity contribution < 1.29 is 9.59 Å². The zero-order valence-corrected chi connectivity index (χ0v) is 13.8. The lowest BCUT2D eigenvalue weighted by atomic mass is 9.81. The van der Waals surface area contributed by atoms with E-state index in [1.807, 2.05) is 18.2 Å². The minimum absolute atomic E-state index is 0.0301. The fourth-order valence-corrected chi connectivity index (χ4v) is 3.07. The maximum atomic E-state index is 12.3. The van der Waals surface area contributed by atoms with Gasteiger partial charge in [-0.3, -0.25) is 9.59 Å². The van der Waals surface area contributed by atoms with Crippen molar-refractivity contribution in [3.8, 4) is 0 Å². The zero-order chi connectivity index (χ0) is 16.7. The maximum Gasteiger partial charge on any atom is 0.223 e. The number of carbonyl (C=O) groups is 2. The molecule has 0 atom stereocenters. The third-order valence-corrected chi connectivity index (χ3v) is 4.60. The van der Waals surface area contributed by atoms with Crippen LogP contribution < -0.4 is 10.6 Å². The molecule has 1 aromatic carbocycles. The van der Waals surface area contributed by atoms with Crippen LogP contribution in [0.5, 0.6) is 0 Å². The predicted octanol–water partition coefficient (Wildman–Crippen LogP) is 2.72. The molecule has 1 aliphatic carbocycles. The minimum Gasteiger partial charge on any atom is -0.352 e. The van der Waals surface area contributed by atoms with Gasteiger partial charge >= 0.3 is 0 Å². The molecule has 1 aromatic rings. The van der Waals surface area contributed by atoms with Gasteiger partial charge in [0, 0.05) is 24.9 Å². The highest BCUT2D eigenvalue weighted by Gasteiger charge is 2.29. The molecular formula is C19H26N2O2. The van der Waals surface area contributed by atoms with Crippen LogP contribution in [0.4, 0.5) is 0 Å². The monoisotopic (exact) mass is 314 g/mol. The van der Waals surface area contributed by atoms with E-state index in [0.717, 1.165) is 31.2 Å². The number of rotatable bonds is 6. The van der Waals surface area contributed by atoms with Gasteiger partial charge in [0.25, 0.3) is 0 Å². The van der Waals surface area contributed by atoms with E-state index >= 15 is 0 Å². The Morgan fingerprint density at radius 2 is 1.65 bits per heavy atom. The number of nitrogens with one attached hydrogen (secondary N) is 2. The predicted molar refractivity (Wildman–Crippen MR) is 91.7 cm³/mol. The Labute approximate surface area is 138 Å². The van der Waals surface area contributed by atoms with E-state index in [-0.39, 0.29) is 23.7 Å². The van der Waals surface area contributed by atoms with Gasteiger partial charge in [0.05, 0.1) is 0 Å². The Kier molecular flexibility index (Phi) is 6.39. The van der Waals surface area contributed by atoms with Crippen molar-refractivity contribution in [1.29, 1.82) is 0 Å². The molecule has 0 aromatic heterocycles. The molecule has 124 valence electrons. The summed E-state index contributed by atoms with van der Waals surface area (Å²) in [4.78, 5) is 24.2. The quantitative estimate of drug-likeness (QED) is 0.793. The van der Waals surface area contributed by atoms with Crippen LogP contribution in [0, 0.1) is 18.8 Å². The summed E-state index contributed by atoms with van der Waals surface area (Å²) in [5.74, 6) is 0.264. The average Bonchev–Trinajstić information content (AvgIpc) is 2.59. The molecule has 0 spiro atoms. The van der Waals surface area contributed by atoms with E-state index in [1.54, 1.807) is 6.08 Å². The summed E-state index contributed by atoms with van der Waals surface area (Å²) >= 11 is 0. The van der Waals surface area contributed by atoms with Crippen LogP contribution in [0.3, 0.4) is 0 Å². The number of aryl methyl sites for hydroxylation is 1. The van der Waals surface area contributed by atoms with Crippen molar-refractivity contribution in [3.05, 3.63) is 48.0 Å². The lowest BCUT2D eigenvalue weighted by Crippen LogP contribution is -2.37. The number of carbonyl (C=O) groups excluding carboxylic acids is 2. The van der Waals surface area contributed by atoms with Crippen LogP contribution in [0.15, 0.2) is 36.9 Å². The van der Waals surface area contributed by atoms with Gasteiger partial charge < -0.3 is 10.6 Å². The van der Waals surface area contributed by atoms with Gasteiger partial charge in [0.2, 0.25) is 11.8 Å². The molecule has 0 aliphatic heterocycles. The van der Waals surface area contributed by atoms with E-state index in [9.17, 15) is 9.59 Å². The largest absolute Gasteiger partial charge is 0.352 e. The second-order valence-electron chi connectivity index (χ2n) is 6.23. The Morgan fingerprint density at radius 1 is 1.09 bits per heavy atom. The number of hydrogen-bond donors (Lipinski definition) is 2. The van der Waals surface area contributed by atoms with Crippen molar-refractivity contribution in [3.63, 3.8) is 0 Å². The molecule has 4 heteroatoms. The second-order valence-corrected chi connectivity index (χ2v) is 6.23. The maximum absolute atomic E-state index is 12.3. The average molecular weight is 314 g/mol. The van der Waals surface area contributed by atoms with Crippen molar-refractivity contribution in [2.45, 2.75) is 39.2 Å². The lowest BCUT2D eigenvalue weighted by molar-refractivity contribution is -0.130. The van der Waals surface area contributed by atoms with Crippen molar-refractivity contribution in [2.75, 3.05) is 6.54 Å². The Morgan fingerprint density at radius 3 is 2.22 bits per heavy atom. The first kappa shape index (κ1) is 17.3. The zero-order valence-electron chi connectivity index (χ0n) is 13.8. The summed E-state index contributed by atoms with van der Waals surface area (Å²) in [6, 6.07) is 8.08.